The van der Waals surface area contributed by atoms with E-state index in [0.29, 0.717) is 4.08 Å². The minimum atomic E-state index is 0.591. The molecule has 1 nitrogen and oxygen atoms in total. The van der Waals surface area contributed by atoms with E-state index in [-0.39, 0.29) is 0 Å². The average Bonchev–Trinajstić information content (AvgIpc) is 2.46. The van der Waals surface area contributed by atoms with Gasteiger partial charge < -0.3 is 4.90 Å². The fraction of sp³-hybridized carbons (Fsp3) is 1.00. The maximum absolute atomic E-state index is 2.49. The Labute approximate surface area is 77.3 Å². The third-order valence-corrected chi connectivity index (χ3v) is 6.09. The lowest BCUT2D eigenvalue weighted by Gasteiger charge is -2.19. The van der Waals surface area contributed by atoms with E-state index < -0.39 is 0 Å². The molecule has 1 atom stereocenters. The average molecular weight is 189 g/mol. The Kier molecular flexibility index (Phi) is 2.15. The molecular weight excluding hydrogens is 174 g/mol. The summed E-state index contributed by atoms with van der Waals surface area (Å²) in [4.78, 5) is 2.49. The van der Waals surface area contributed by atoms with Crippen molar-refractivity contribution in [3.8, 4) is 0 Å². The molecule has 2 heterocycles. The first-order chi connectivity index (χ1) is 5.22. The summed E-state index contributed by atoms with van der Waals surface area (Å²) < 4.78 is 0.591. The normalized spacial score (nSPS) is 37.1. The highest BCUT2D eigenvalue weighted by atomic mass is 32.2. The van der Waals surface area contributed by atoms with E-state index in [4.69, 9.17) is 0 Å². The predicted octanol–water partition coefficient (Wildman–Crippen LogP) is 1.89. The van der Waals surface area contributed by atoms with Crippen LogP contribution in [0.5, 0.6) is 0 Å². The number of hydrogen-bond donors (Lipinski definition) is 0. The number of rotatable bonds is 0. The zero-order chi connectivity index (χ0) is 7.90. The quantitative estimate of drug-likeness (QED) is 0.573. The number of nitrogens with zero attached hydrogens (tertiary/aromatic N) is 1. The lowest BCUT2D eigenvalue weighted by atomic mass is 10.2. The molecule has 0 aromatic heterocycles. The van der Waals surface area contributed by atoms with Crippen molar-refractivity contribution in [1.29, 1.82) is 0 Å². The van der Waals surface area contributed by atoms with Gasteiger partial charge in [0.15, 0.2) is 0 Å². The van der Waals surface area contributed by atoms with E-state index in [0.717, 1.165) is 6.04 Å². The predicted molar refractivity (Wildman–Crippen MR) is 54.4 cm³/mol. The van der Waals surface area contributed by atoms with E-state index in [1.165, 1.54) is 24.5 Å². The Morgan fingerprint density at radius 2 is 2.00 bits per heavy atom. The third kappa shape index (κ3) is 1.43. The third-order valence-electron chi connectivity index (χ3n) is 2.66. The summed E-state index contributed by atoms with van der Waals surface area (Å²) in [6, 6.07) is 0.799. The van der Waals surface area contributed by atoms with Gasteiger partial charge in [-0.1, -0.05) is 0 Å². The van der Waals surface area contributed by atoms with Gasteiger partial charge in [0.25, 0.3) is 0 Å². The van der Waals surface area contributed by atoms with Crippen molar-refractivity contribution in [2.24, 2.45) is 0 Å². The maximum Gasteiger partial charge on any atom is 0.0752 e. The molecule has 0 saturated carbocycles. The van der Waals surface area contributed by atoms with Gasteiger partial charge in [-0.2, -0.15) is 0 Å². The van der Waals surface area contributed by atoms with Gasteiger partial charge in [0.2, 0.25) is 0 Å². The standard InChI is InChI=1S/C8H15NS2/c1-7-5-8(6-9(7)2)10-3-4-11-8/h7H,3-6H2,1-2H3/t7-/m1/s1. The topological polar surface area (TPSA) is 3.24 Å². The molecule has 0 amide bonds. The van der Waals surface area contributed by atoms with Crippen LogP contribution in [0.25, 0.3) is 0 Å². The van der Waals surface area contributed by atoms with Crippen molar-refractivity contribution in [1.82, 2.24) is 4.90 Å². The van der Waals surface area contributed by atoms with Crippen LogP contribution in [0.3, 0.4) is 0 Å². The van der Waals surface area contributed by atoms with Crippen LogP contribution in [0, 0.1) is 0 Å². The maximum atomic E-state index is 2.49. The van der Waals surface area contributed by atoms with Gasteiger partial charge in [0.1, 0.15) is 0 Å². The molecular formula is C8H15NS2. The van der Waals surface area contributed by atoms with Gasteiger partial charge in [-0.05, 0) is 20.4 Å². The fourth-order valence-corrected chi connectivity index (χ4v) is 5.46. The van der Waals surface area contributed by atoms with Crippen molar-refractivity contribution >= 4 is 23.5 Å². The van der Waals surface area contributed by atoms with Gasteiger partial charge in [-0.25, -0.2) is 0 Å². The zero-order valence-corrected chi connectivity index (χ0v) is 8.80. The van der Waals surface area contributed by atoms with E-state index in [1.807, 2.05) is 0 Å². The molecule has 2 rings (SSSR count). The van der Waals surface area contributed by atoms with Crippen LogP contribution >= 0.6 is 23.5 Å². The van der Waals surface area contributed by atoms with Crippen LogP contribution in [0.2, 0.25) is 0 Å². The summed E-state index contributed by atoms with van der Waals surface area (Å²) in [5.74, 6) is 2.73. The monoisotopic (exact) mass is 189 g/mol. The second-order valence-electron chi connectivity index (χ2n) is 3.58. The molecule has 2 aliphatic heterocycles. The van der Waals surface area contributed by atoms with Crippen LogP contribution in [-0.2, 0) is 0 Å². The highest BCUT2D eigenvalue weighted by molar-refractivity contribution is 8.21. The van der Waals surface area contributed by atoms with Gasteiger partial charge >= 0.3 is 0 Å². The van der Waals surface area contributed by atoms with Crippen molar-refractivity contribution in [3.05, 3.63) is 0 Å². The molecule has 0 aromatic rings. The Balaban J connectivity index is 2.06. The molecule has 3 heteroatoms. The zero-order valence-electron chi connectivity index (χ0n) is 7.17. The molecule has 2 aliphatic rings. The van der Waals surface area contributed by atoms with Crippen molar-refractivity contribution in [2.45, 2.75) is 23.5 Å². The Morgan fingerprint density at radius 1 is 1.36 bits per heavy atom. The minimum absolute atomic E-state index is 0.591. The molecule has 2 saturated heterocycles. The van der Waals surface area contributed by atoms with Gasteiger partial charge in [-0.15, -0.1) is 23.5 Å². The number of thioether (sulfide) groups is 2. The van der Waals surface area contributed by atoms with Crippen LogP contribution in [0.15, 0.2) is 0 Å². The van der Waals surface area contributed by atoms with Gasteiger partial charge in [0, 0.05) is 24.1 Å². The first-order valence-electron chi connectivity index (χ1n) is 4.20. The van der Waals surface area contributed by atoms with Crippen LogP contribution in [0.4, 0.5) is 0 Å². The van der Waals surface area contributed by atoms with Crippen LogP contribution in [0.1, 0.15) is 13.3 Å². The highest BCUT2D eigenvalue weighted by Gasteiger charge is 2.43. The Hall–Kier alpha value is 0.660. The molecule has 0 unspecified atom stereocenters. The van der Waals surface area contributed by atoms with E-state index in [1.54, 1.807) is 0 Å². The van der Waals surface area contributed by atoms with Crippen LogP contribution in [-0.4, -0.2) is 40.1 Å². The summed E-state index contributed by atoms with van der Waals surface area (Å²) >= 11 is 4.36. The lowest BCUT2D eigenvalue weighted by Crippen LogP contribution is -2.24. The molecule has 0 bridgehead atoms. The first kappa shape index (κ1) is 8.27. The summed E-state index contributed by atoms with van der Waals surface area (Å²) in [6.07, 6.45) is 1.39. The molecule has 2 fully saturated rings. The summed E-state index contributed by atoms with van der Waals surface area (Å²) in [6.45, 7) is 3.64. The van der Waals surface area contributed by atoms with Gasteiger partial charge in [-0.3, -0.25) is 0 Å². The van der Waals surface area contributed by atoms with Crippen molar-refractivity contribution in [3.63, 3.8) is 0 Å². The second-order valence-corrected chi connectivity index (χ2v) is 6.79. The molecule has 0 aromatic carbocycles. The Morgan fingerprint density at radius 3 is 2.45 bits per heavy atom. The molecule has 0 radical (unpaired) electrons. The molecule has 11 heavy (non-hydrogen) atoms. The second kappa shape index (κ2) is 2.86. The van der Waals surface area contributed by atoms with E-state index >= 15 is 0 Å². The summed E-state index contributed by atoms with van der Waals surface area (Å²) in [5, 5.41) is 0. The molecule has 0 aliphatic carbocycles. The van der Waals surface area contributed by atoms with E-state index in [2.05, 4.69) is 42.4 Å². The Bertz CT molecular complexity index is 142. The van der Waals surface area contributed by atoms with Crippen LogP contribution < -0.4 is 0 Å². The SMILES string of the molecule is C[C@@H]1CC2(CN1C)SCCS2. The highest BCUT2D eigenvalue weighted by Crippen LogP contribution is 2.51. The molecule has 1 spiro atoms. The fourth-order valence-electron chi connectivity index (χ4n) is 1.91. The van der Waals surface area contributed by atoms with Crippen molar-refractivity contribution < 1.29 is 0 Å². The van der Waals surface area contributed by atoms with E-state index in [9.17, 15) is 0 Å². The largest absolute Gasteiger partial charge is 0.301 e. The first-order valence-corrected chi connectivity index (χ1v) is 6.17. The minimum Gasteiger partial charge on any atom is -0.301 e. The lowest BCUT2D eigenvalue weighted by molar-refractivity contribution is 0.330. The smallest absolute Gasteiger partial charge is 0.0752 e. The van der Waals surface area contributed by atoms with Gasteiger partial charge in [0.05, 0.1) is 4.08 Å². The van der Waals surface area contributed by atoms with Crippen molar-refractivity contribution in [2.75, 3.05) is 25.1 Å². The molecule has 0 N–H and O–H groups in total. The molecule has 64 valence electrons. The number of hydrogen-bond acceptors (Lipinski definition) is 3. The summed E-state index contributed by atoms with van der Waals surface area (Å²) in [5.41, 5.74) is 0. The number of likely N-dealkylation sites (tertiary alicyclic amines) is 1. The summed E-state index contributed by atoms with van der Waals surface area (Å²) in [7, 11) is 2.25.